The highest BCUT2D eigenvalue weighted by Gasteiger charge is 2.28. The number of rotatable bonds is 3. The third kappa shape index (κ3) is 3.23. The minimum atomic E-state index is -4.22. The minimum absolute atomic E-state index is 0.304. The molecule has 1 N–H and O–H groups in total. The first-order chi connectivity index (χ1) is 8.46. The van der Waals surface area contributed by atoms with Crippen LogP contribution in [0.5, 0.6) is 0 Å². The van der Waals surface area contributed by atoms with Gasteiger partial charge in [-0.15, -0.1) is 0 Å². The third-order valence-corrected chi connectivity index (χ3v) is 2.86. The number of halogens is 3. The lowest BCUT2D eigenvalue weighted by Gasteiger charge is -2.13. The van der Waals surface area contributed by atoms with E-state index in [1.165, 1.54) is 0 Å². The molecule has 2 aromatic rings. The van der Waals surface area contributed by atoms with Gasteiger partial charge >= 0.3 is 6.18 Å². The van der Waals surface area contributed by atoms with Crippen LogP contribution in [0.25, 0.3) is 10.8 Å². The highest BCUT2D eigenvalue weighted by atomic mass is 19.4. The summed E-state index contributed by atoms with van der Waals surface area (Å²) >= 11 is 0. The number of hydrogen-bond donors (Lipinski definition) is 1. The summed E-state index contributed by atoms with van der Waals surface area (Å²) in [5.74, 6) is 0. The van der Waals surface area contributed by atoms with Gasteiger partial charge in [0.15, 0.2) is 0 Å². The van der Waals surface area contributed by atoms with Gasteiger partial charge in [0.25, 0.3) is 0 Å². The first-order valence-electron chi connectivity index (χ1n) is 5.69. The molecule has 0 aliphatic rings. The molecule has 1 nitrogen and oxygen atoms in total. The summed E-state index contributed by atoms with van der Waals surface area (Å²) in [6.07, 6.45) is -6.57. The van der Waals surface area contributed by atoms with Crippen molar-refractivity contribution in [2.45, 2.75) is 25.1 Å². The molecule has 0 aliphatic carbocycles. The van der Waals surface area contributed by atoms with Gasteiger partial charge in [-0.3, -0.25) is 0 Å². The monoisotopic (exact) mass is 254 g/mol. The maximum absolute atomic E-state index is 12.1. The molecule has 1 unspecified atom stereocenters. The van der Waals surface area contributed by atoms with Crippen molar-refractivity contribution in [2.24, 2.45) is 0 Å². The van der Waals surface area contributed by atoms with Crippen LogP contribution in [0.15, 0.2) is 42.5 Å². The van der Waals surface area contributed by atoms with Crippen molar-refractivity contribution in [1.29, 1.82) is 0 Å². The van der Waals surface area contributed by atoms with Crippen LogP contribution in [0.2, 0.25) is 0 Å². The maximum atomic E-state index is 12.1. The van der Waals surface area contributed by atoms with Crippen LogP contribution in [0, 0.1) is 0 Å². The number of alkyl halides is 3. The average Bonchev–Trinajstić information content (AvgIpc) is 2.34. The Hall–Kier alpha value is -1.55. The molecule has 18 heavy (non-hydrogen) atoms. The summed E-state index contributed by atoms with van der Waals surface area (Å²) in [4.78, 5) is 0. The molecule has 1 atom stereocenters. The SMILES string of the molecule is OC(CCC(F)(F)F)c1ccc2ccccc2c1. The van der Waals surface area contributed by atoms with Gasteiger partial charge in [0.05, 0.1) is 6.10 Å². The fraction of sp³-hybridized carbons (Fsp3) is 0.286. The second-order valence-electron chi connectivity index (χ2n) is 4.28. The minimum Gasteiger partial charge on any atom is -0.388 e. The van der Waals surface area contributed by atoms with Gasteiger partial charge in [-0.2, -0.15) is 13.2 Å². The lowest BCUT2D eigenvalue weighted by Crippen LogP contribution is -2.10. The zero-order valence-corrected chi connectivity index (χ0v) is 9.61. The lowest BCUT2D eigenvalue weighted by atomic mass is 10.0. The van der Waals surface area contributed by atoms with Crippen molar-refractivity contribution in [2.75, 3.05) is 0 Å². The summed E-state index contributed by atoms with van der Waals surface area (Å²) in [6, 6.07) is 12.7. The second-order valence-corrected chi connectivity index (χ2v) is 4.28. The van der Waals surface area contributed by atoms with Crippen LogP contribution in [0.1, 0.15) is 24.5 Å². The van der Waals surface area contributed by atoms with E-state index in [1.807, 2.05) is 30.3 Å². The smallest absolute Gasteiger partial charge is 0.388 e. The van der Waals surface area contributed by atoms with Crippen LogP contribution in [0.4, 0.5) is 13.2 Å². The van der Waals surface area contributed by atoms with E-state index >= 15 is 0 Å². The van der Waals surface area contributed by atoms with Gasteiger partial charge in [-0.1, -0.05) is 36.4 Å². The number of aliphatic hydroxyl groups is 1. The van der Waals surface area contributed by atoms with Crippen molar-refractivity contribution >= 4 is 10.8 Å². The average molecular weight is 254 g/mol. The molecule has 0 bridgehead atoms. The molecule has 0 fully saturated rings. The van der Waals surface area contributed by atoms with E-state index in [9.17, 15) is 18.3 Å². The van der Waals surface area contributed by atoms with E-state index in [-0.39, 0.29) is 6.42 Å². The van der Waals surface area contributed by atoms with Crippen molar-refractivity contribution in [3.8, 4) is 0 Å². The summed E-state index contributed by atoms with van der Waals surface area (Å²) in [6.45, 7) is 0. The number of benzene rings is 2. The Morgan fingerprint density at radius 1 is 1.00 bits per heavy atom. The van der Waals surface area contributed by atoms with Crippen molar-refractivity contribution in [1.82, 2.24) is 0 Å². The molecule has 0 amide bonds. The van der Waals surface area contributed by atoms with Crippen LogP contribution in [0.3, 0.4) is 0 Å². The highest BCUT2D eigenvalue weighted by Crippen LogP contribution is 2.28. The molecule has 96 valence electrons. The predicted molar refractivity (Wildman–Crippen MR) is 64.2 cm³/mol. The zero-order chi connectivity index (χ0) is 13.2. The lowest BCUT2D eigenvalue weighted by molar-refractivity contribution is -0.140. The normalized spacial score (nSPS) is 13.8. The molecule has 0 aliphatic heterocycles. The van der Waals surface area contributed by atoms with Gasteiger partial charge in [0.1, 0.15) is 0 Å². The van der Waals surface area contributed by atoms with E-state index < -0.39 is 18.7 Å². The second kappa shape index (κ2) is 4.98. The van der Waals surface area contributed by atoms with E-state index in [0.29, 0.717) is 5.56 Å². The van der Waals surface area contributed by atoms with Gasteiger partial charge in [0.2, 0.25) is 0 Å². The van der Waals surface area contributed by atoms with Gasteiger partial charge in [-0.25, -0.2) is 0 Å². The number of hydrogen-bond acceptors (Lipinski definition) is 1. The fourth-order valence-corrected chi connectivity index (χ4v) is 1.88. The molecule has 2 rings (SSSR count). The predicted octanol–water partition coefficient (Wildman–Crippen LogP) is 4.22. The molecule has 0 aromatic heterocycles. The third-order valence-electron chi connectivity index (χ3n) is 2.86. The van der Waals surface area contributed by atoms with E-state index in [0.717, 1.165) is 10.8 Å². The Morgan fingerprint density at radius 2 is 1.67 bits per heavy atom. The molecule has 2 aromatic carbocycles. The van der Waals surface area contributed by atoms with E-state index in [1.54, 1.807) is 12.1 Å². The summed E-state index contributed by atoms with van der Waals surface area (Å²) in [5, 5.41) is 11.7. The highest BCUT2D eigenvalue weighted by molar-refractivity contribution is 5.83. The molecular weight excluding hydrogens is 241 g/mol. The Morgan fingerprint density at radius 3 is 2.33 bits per heavy atom. The summed E-state index contributed by atoms with van der Waals surface area (Å²) < 4.78 is 36.2. The van der Waals surface area contributed by atoms with E-state index in [4.69, 9.17) is 0 Å². The van der Waals surface area contributed by atoms with E-state index in [2.05, 4.69) is 0 Å². The van der Waals surface area contributed by atoms with Crippen LogP contribution in [-0.4, -0.2) is 11.3 Å². The Kier molecular flexibility index (Phi) is 3.57. The molecule has 4 heteroatoms. The van der Waals surface area contributed by atoms with Crippen molar-refractivity contribution in [3.63, 3.8) is 0 Å². The van der Waals surface area contributed by atoms with Crippen LogP contribution < -0.4 is 0 Å². The first-order valence-corrected chi connectivity index (χ1v) is 5.69. The Labute approximate surface area is 103 Å². The van der Waals surface area contributed by atoms with Crippen LogP contribution in [-0.2, 0) is 0 Å². The molecule has 0 saturated heterocycles. The molecule has 0 spiro atoms. The maximum Gasteiger partial charge on any atom is 0.389 e. The molecule has 0 saturated carbocycles. The number of aliphatic hydroxyl groups excluding tert-OH is 1. The Bertz CT molecular complexity index is 534. The molecule has 0 radical (unpaired) electrons. The molecule has 0 heterocycles. The Balaban J connectivity index is 2.15. The topological polar surface area (TPSA) is 20.2 Å². The van der Waals surface area contributed by atoms with Gasteiger partial charge < -0.3 is 5.11 Å². The molecular formula is C14H13F3O. The van der Waals surface area contributed by atoms with Crippen molar-refractivity contribution in [3.05, 3.63) is 48.0 Å². The number of fused-ring (bicyclic) bond motifs is 1. The first kappa shape index (κ1) is 12.9. The summed E-state index contributed by atoms with van der Waals surface area (Å²) in [7, 11) is 0. The fourth-order valence-electron chi connectivity index (χ4n) is 1.88. The van der Waals surface area contributed by atoms with Crippen molar-refractivity contribution < 1.29 is 18.3 Å². The summed E-state index contributed by atoms with van der Waals surface area (Å²) in [5.41, 5.74) is 0.526. The standard InChI is InChI=1S/C14H13F3O/c15-14(16,17)8-7-13(18)12-6-5-10-3-1-2-4-11(10)9-12/h1-6,9,13,18H,7-8H2. The van der Waals surface area contributed by atoms with Crippen LogP contribution >= 0.6 is 0 Å². The van der Waals surface area contributed by atoms with Gasteiger partial charge in [0, 0.05) is 6.42 Å². The quantitative estimate of drug-likeness (QED) is 0.869. The zero-order valence-electron chi connectivity index (χ0n) is 9.61. The largest absolute Gasteiger partial charge is 0.389 e. The van der Waals surface area contributed by atoms with Gasteiger partial charge in [-0.05, 0) is 28.8 Å².